The van der Waals surface area contributed by atoms with Gasteiger partial charge in [-0.3, -0.25) is 0 Å². The maximum atomic E-state index is 11.0. The van der Waals surface area contributed by atoms with Crippen LogP contribution in [0, 0.1) is 11.3 Å². The molecule has 0 radical (unpaired) electrons. The van der Waals surface area contributed by atoms with Crippen LogP contribution in [0.25, 0.3) is 5.69 Å². The first kappa shape index (κ1) is 12.4. The number of carboxylic acids is 1. The third-order valence-electron chi connectivity index (χ3n) is 3.37. The topological polar surface area (TPSA) is 90.9 Å². The summed E-state index contributed by atoms with van der Waals surface area (Å²) in [5.41, 5.74) is 3.15. The molecule has 2 aromatic rings. The molecule has 1 aliphatic rings. The molecule has 2 N–H and O–H groups in total. The highest BCUT2D eigenvalue weighted by Gasteiger charge is 2.21. The van der Waals surface area contributed by atoms with Crippen molar-refractivity contribution in [1.29, 1.82) is 5.26 Å². The maximum absolute atomic E-state index is 11.0. The number of aromatic nitrogens is 2. The van der Waals surface area contributed by atoms with E-state index in [4.69, 9.17) is 10.4 Å². The normalized spacial score (nSPS) is 13.6. The summed E-state index contributed by atoms with van der Waals surface area (Å²) >= 11 is 0. The van der Waals surface area contributed by atoms with Gasteiger partial charge >= 0.3 is 5.97 Å². The molecule has 1 aromatic carbocycles. The number of benzene rings is 1. The summed E-state index contributed by atoms with van der Waals surface area (Å²) < 4.78 is 1.68. The molecule has 0 saturated heterocycles. The summed E-state index contributed by atoms with van der Waals surface area (Å²) in [6, 6.07) is 8.67. The van der Waals surface area contributed by atoms with E-state index in [0.29, 0.717) is 17.9 Å². The van der Waals surface area contributed by atoms with Gasteiger partial charge in [0.05, 0.1) is 16.9 Å². The number of nitrogens with zero attached hydrogens (tertiary/aromatic N) is 3. The van der Waals surface area contributed by atoms with Gasteiger partial charge in [0.2, 0.25) is 0 Å². The van der Waals surface area contributed by atoms with Crippen molar-refractivity contribution >= 4 is 5.97 Å². The quantitative estimate of drug-likeness (QED) is 0.850. The van der Waals surface area contributed by atoms with Crippen molar-refractivity contribution in [1.82, 2.24) is 15.1 Å². The van der Waals surface area contributed by atoms with Gasteiger partial charge in [-0.2, -0.15) is 10.4 Å². The van der Waals surface area contributed by atoms with Crippen molar-refractivity contribution in [3.63, 3.8) is 0 Å². The van der Waals surface area contributed by atoms with E-state index in [-0.39, 0.29) is 5.56 Å². The SMILES string of the molecule is N#Cc1nn(-c2cccc(C(=O)O)c2)c2c1CNCC2. The number of carboxylic acid groups (broad SMARTS) is 1. The Morgan fingerprint density at radius 3 is 3.10 bits per heavy atom. The molecule has 1 aliphatic heterocycles. The van der Waals surface area contributed by atoms with Gasteiger partial charge in [0.15, 0.2) is 5.69 Å². The number of nitriles is 1. The summed E-state index contributed by atoms with van der Waals surface area (Å²) in [7, 11) is 0. The summed E-state index contributed by atoms with van der Waals surface area (Å²) in [4.78, 5) is 11.0. The Bertz CT molecular complexity index is 727. The second kappa shape index (κ2) is 4.79. The van der Waals surface area contributed by atoms with Crippen LogP contribution < -0.4 is 5.32 Å². The van der Waals surface area contributed by atoms with Gasteiger partial charge in [-0.05, 0) is 18.2 Å². The van der Waals surface area contributed by atoms with E-state index in [2.05, 4.69) is 16.5 Å². The van der Waals surface area contributed by atoms with E-state index in [9.17, 15) is 4.79 Å². The Labute approximate surface area is 115 Å². The second-order valence-electron chi connectivity index (χ2n) is 4.58. The largest absolute Gasteiger partial charge is 0.478 e. The van der Waals surface area contributed by atoms with Crippen molar-refractivity contribution in [3.05, 3.63) is 46.8 Å². The molecule has 3 rings (SSSR count). The average molecular weight is 268 g/mol. The minimum Gasteiger partial charge on any atom is -0.478 e. The fraction of sp³-hybridized carbons (Fsp3) is 0.214. The number of fused-ring (bicyclic) bond motifs is 1. The van der Waals surface area contributed by atoms with Crippen molar-refractivity contribution in [2.24, 2.45) is 0 Å². The fourth-order valence-corrected chi connectivity index (χ4v) is 2.42. The molecule has 6 heteroatoms. The minimum atomic E-state index is -0.977. The highest BCUT2D eigenvalue weighted by atomic mass is 16.4. The first-order valence-electron chi connectivity index (χ1n) is 6.26. The van der Waals surface area contributed by atoms with Crippen LogP contribution in [0.3, 0.4) is 0 Å². The lowest BCUT2D eigenvalue weighted by Crippen LogP contribution is -2.24. The van der Waals surface area contributed by atoms with Gasteiger partial charge in [-0.1, -0.05) is 6.07 Å². The smallest absolute Gasteiger partial charge is 0.335 e. The highest BCUT2D eigenvalue weighted by Crippen LogP contribution is 2.22. The van der Waals surface area contributed by atoms with Crippen LogP contribution in [0.1, 0.15) is 27.3 Å². The predicted octanol–water partition coefficient (Wildman–Crippen LogP) is 1.09. The zero-order chi connectivity index (χ0) is 14.1. The Kier molecular flexibility index (Phi) is 2.97. The van der Waals surface area contributed by atoms with Crippen LogP contribution >= 0.6 is 0 Å². The number of aromatic carboxylic acids is 1. The summed E-state index contributed by atoms with van der Waals surface area (Å²) in [6.07, 6.45) is 0.765. The van der Waals surface area contributed by atoms with Gasteiger partial charge < -0.3 is 10.4 Å². The Morgan fingerprint density at radius 2 is 2.35 bits per heavy atom. The van der Waals surface area contributed by atoms with E-state index in [1.165, 1.54) is 6.07 Å². The van der Waals surface area contributed by atoms with Gasteiger partial charge in [0.25, 0.3) is 0 Å². The van der Waals surface area contributed by atoms with E-state index in [0.717, 1.165) is 24.2 Å². The molecule has 0 bridgehead atoms. The number of carbonyl (C=O) groups is 1. The van der Waals surface area contributed by atoms with Crippen LogP contribution in [0.15, 0.2) is 24.3 Å². The molecular weight excluding hydrogens is 256 g/mol. The van der Waals surface area contributed by atoms with Crippen molar-refractivity contribution in [2.75, 3.05) is 6.54 Å². The molecule has 0 unspecified atom stereocenters. The number of hydrogen-bond donors (Lipinski definition) is 2. The predicted molar refractivity (Wildman–Crippen MR) is 70.6 cm³/mol. The number of nitrogens with one attached hydrogen (secondary N) is 1. The number of rotatable bonds is 2. The molecule has 0 amide bonds. The van der Waals surface area contributed by atoms with E-state index < -0.39 is 5.97 Å². The summed E-state index contributed by atoms with van der Waals surface area (Å²) in [6.45, 7) is 1.44. The minimum absolute atomic E-state index is 0.208. The van der Waals surface area contributed by atoms with Crippen molar-refractivity contribution in [3.8, 4) is 11.8 Å². The molecule has 2 heterocycles. The van der Waals surface area contributed by atoms with E-state index >= 15 is 0 Å². The second-order valence-corrected chi connectivity index (χ2v) is 4.58. The molecule has 0 atom stereocenters. The molecule has 0 aliphatic carbocycles. The van der Waals surface area contributed by atoms with Crippen LogP contribution in [-0.4, -0.2) is 27.4 Å². The lowest BCUT2D eigenvalue weighted by molar-refractivity contribution is 0.0697. The lowest BCUT2D eigenvalue weighted by atomic mass is 10.1. The molecule has 0 fully saturated rings. The lowest BCUT2D eigenvalue weighted by Gasteiger charge is -2.15. The van der Waals surface area contributed by atoms with Gasteiger partial charge in [0.1, 0.15) is 6.07 Å². The zero-order valence-corrected chi connectivity index (χ0v) is 10.6. The summed E-state index contributed by atoms with van der Waals surface area (Å²) in [5, 5.41) is 25.7. The first-order chi connectivity index (χ1) is 9.70. The highest BCUT2D eigenvalue weighted by molar-refractivity contribution is 5.88. The molecule has 6 nitrogen and oxygen atoms in total. The Morgan fingerprint density at radius 1 is 1.50 bits per heavy atom. The average Bonchev–Trinajstić information content (AvgIpc) is 2.86. The van der Waals surface area contributed by atoms with Crippen LogP contribution in [0.4, 0.5) is 0 Å². The molecule has 20 heavy (non-hydrogen) atoms. The Balaban J connectivity index is 2.15. The van der Waals surface area contributed by atoms with E-state index in [1.54, 1.807) is 22.9 Å². The van der Waals surface area contributed by atoms with Crippen LogP contribution in [0.5, 0.6) is 0 Å². The van der Waals surface area contributed by atoms with Gasteiger partial charge in [0, 0.05) is 25.1 Å². The van der Waals surface area contributed by atoms with Crippen LogP contribution in [-0.2, 0) is 13.0 Å². The van der Waals surface area contributed by atoms with Gasteiger partial charge in [-0.15, -0.1) is 0 Å². The zero-order valence-electron chi connectivity index (χ0n) is 10.6. The van der Waals surface area contributed by atoms with Crippen molar-refractivity contribution in [2.45, 2.75) is 13.0 Å². The van der Waals surface area contributed by atoms with E-state index in [1.807, 2.05) is 0 Å². The first-order valence-corrected chi connectivity index (χ1v) is 6.26. The third-order valence-corrected chi connectivity index (χ3v) is 3.37. The molecular formula is C14H12N4O2. The monoisotopic (exact) mass is 268 g/mol. The fourth-order valence-electron chi connectivity index (χ4n) is 2.42. The van der Waals surface area contributed by atoms with Gasteiger partial charge in [-0.25, -0.2) is 9.48 Å². The van der Waals surface area contributed by atoms with Crippen molar-refractivity contribution < 1.29 is 9.90 Å². The third kappa shape index (κ3) is 1.94. The molecule has 100 valence electrons. The molecule has 0 saturated carbocycles. The van der Waals surface area contributed by atoms with Crippen LogP contribution in [0.2, 0.25) is 0 Å². The molecule has 0 spiro atoms. The number of hydrogen-bond acceptors (Lipinski definition) is 4. The molecule has 1 aromatic heterocycles. The Hall–Kier alpha value is -2.65. The summed E-state index contributed by atoms with van der Waals surface area (Å²) in [5.74, 6) is -0.977. The maximum Gasteiger partial charge on any atom is 0.335 e. The standard InChI is InChI=1S/C14H12N4O2/c15-7-12-11-8-16-5-4-13(11)18(17-12)10-3-1-2-9(6-10)14(19)20/h1-3,6,16H,4-5,8H2,(H,19,20).